The van der Waals surface area contributed by atoms with Crippen molar-refractivity contribution in [1.82, 2.24) is 0 Å². The molecule has 0 atom stereocenters. The van der Waals surface area contributed by atoms with Crippen molar-refractivity contribution in [1.29, 1.82) is 0 Å². The normalized spacial score (nSPS) is 10.1. The number of aryl methyl sites for hydroxylation is 2. The van der Waals surface area contributed by atoms with Gasteiger partial charge in [-0.2, -0.15) is 0 Å². The van der Waals surface area contributed by atoms with Crippen molar-refractivity contribution in [2.45, 2.75) is 20.3 Å². The summed E-state index contributed by atoms with van der Waals surface area (Å²) in [5.74, 6) is 1.79. The minimum absolute atomic E-state index is 0.132. The lowest BCUT2D eigenvalue weighted by atomic mass is 10.3. The Morgan fingerprint density at radius 1 is 1.55 bits per heavy atom. The van der Waals surface area contributed by atoms with E-state index in [1.165, 1.54) is 7.11 Å². The van der Waals surface area contributed by atoms with Crippen LogP contribution in [0.2, 0.25) is 0 Å². The predicted molar refractivity (Wildman–Crippen MR) is 41.0 cm³/mol. The molecule has 1 rings (SSSR count). The number of hydrogen-bond donors (Lipinski definition) is 1. The van der Waals surface area contributed by atoms with E-state index < -0.39 is 0 Å². The van der Waals surface area contributed by atoms with Crippen LogP contribution in [0.3, 0.4) is 0 Å². The second-order valence-electron chi connectivity index (χ2n) is 2.32. The van der Waals surface area contributed by atoms with E-state index in [0.717, 1.165) is 0 Å². The van der Waals surface area contributed by atoms with Crippen molar-refractivity contribution in [3.05, 3.63) is 11.5 Å². The molecule has 1 aromatic rings. The van der Waals surface area contributed by atoms with Crippen LogP contribution in [0.5, 0.6) is 11.5 Å². The van der Waals surface area contributed by atoms with Crippen LogP contribution in [0.1, 0.15) is 18.4 Å². The largest absolute Gasteiger partial charge is 0.502 e. The SMILES string of the molecule is CCc1oc(C)c(OC)c1O. The summed E-state index contributed by atoms with van der Waals surface area (Å²) >= 11 is 0. The Hall–Kier alpha value is -1.12. The molecule has 0 aliphatic carbocycles. The maximum atomic E-state index is 9.39. The van der Waals surface area contributed by atoms with Crippen molar-refractivity contribution in [3.63, 3.8) is 0 Å². The zero-order valence-electron chi connectivity index (χ0n) is 6.97. The summed E-state index contributed by atoms with van der Waals surface area (Å²) in [5.41, 5.74) is 0. The third kappa shape index (κ3) is 1.18. The van der Waals surface area contributed by atoms with Crippen LogP contribution in [0.4, 0.5) is 0 Å². The first kappa shape index (κ1) is 7.98. The number of hydrogen-bond acceptors (Lipinski definition) is 3. The first-order valence-electron chi connectivity index (χ1n) is 3.55. The van der Waals surface area contributed by atoms with E-state index in [2.05, 4.69) is 0 Å². The number of aromatic hydroxyl groups is 1. The molecule has 3 heteroatoms. The molecule has 0 bridgehead atoms. The number of methoxy groups -OCH3 is 1. The van der Waals surface area contributed by atoms with Crippen LogP contribution >= 0.6 is 0 Å². The predicted octanol–water partition coefficient (Wildman–Crippen LogP) is 1.86. The van der Waals surface area contributed by atoms with Gasteiger partial charge in [0.1, 0.15) is 11.5 Å². The zero-order chi connectivity index (χ0) is 8.43. The van der Waals surface area contributed by atoms with Gasteiger partial charge in [-0.05, 0) is 6.92 Å². The fourth-order valence-corrected chi connectivity index (χ4v) is 1.05. The summed E-state index contributed by atoms with van der Waals surface area (Å²) in [7, 11) is 1.51. The lowest BCUT2D eigenvalue weighted by Crippen LogP contribution is -1.81. The number of rotatable bonds is 2. The van der Waals surface area contributed by atoms with Gasteiger partial charge in [0, 0.05) is 6.42 Å². The number of furan rings is 1. The molecule has 0 aromatic carbocycles. The highest BCUT2D eigenvalue weighted by Gasteiger charge is 2.15. The third-order valence-corrected chi connectivity index (χ3v) is 1.60. The van der Waals surface area contributed by atoms with E-state index >= 15 is 0 Å². The molecule has 11 heavy (non-hydrogen) atoms. The highest BCUT2D eigenvalue weighted by atomic mass is 16.5. The average Bonchev–Trinajstić information content (AvgIpc) is 2.26. The van der Waals surface area contributed by atoms with Crippen LogP contribution < -0.4 is 4.74 Å². The highest BCUT2D eigenvalue weighted by Crippen LogP contribution is 2.36. The first-order chi connectivity index (χ1) is 5.20. The quantitative estimate of drug-likeness (QED) is 0.710. The molecule has 0 fully saturated rings. The first-order valence-corrected chi connectivity index (χ1v) is 3.55. The van der Waals surface area contributed by atoms with E-state index in [9.17, 15) is 5.11 Å². The van der Waals surface area contributed by atoms with Gasteiger partial charge < -0.3 is 14.3 Å². The van der Waals surface area contributed by atoms with Crippen LogP contribution in [-0.4, -0.2) is 12.2 Å². The lowest BCUT2D eigenvalue weighted by molar-refractivity contribution is 0.372. The fraction of sp³-hybridized carbons (Fsp3) is 0.500. The molecule has 0 saturated carbocycles. The molecule has 1 aromatic heterocycles. The minimum Gasteiger partial charge on any atom is -0.502 e. The molecule has 0 aliphatic rings. The van der Waals surface area contributed by atoms with E-state index in [1.54, 1.807) is 6.92 Å². The molecule has 0 radical (unpaired) electrons. The van der Waals surface area contributed by atoms with Gasteiger partial charge >= 0.3 is 0 Å². The Morgan fingerprint density at radius 2 is 2.18 bits per heavy atom. The van der Waals surface area contributed by atoms with E-state index in [-0.39, 0.29) is 5.75 Å². The van der Waals surface area contributed by atoms with Gasteiger partial charge in [0.05, 0.1) is 7.11 Å². The van der Waals surface area contributed by atoms with Crippen molar-refractivity contribution in [2.75, 3.05) is 7.11 Å². The van der Waals surface area contributed by atoms with Crippen LogP contribution in [0.25, 0.3) is 0 Å². The Kier molecular flexibility index (Phi) is 2.08. The van der Waals surface area contributed by atoms with Crippen molar-refractivity contribution in [3.8, 4) is 11.5 Å². The van der Waals surface area contributed by atoms with E-state index in [0.29, 0.717) is 23.7 Å². The Balaban J connectivity index is 3.14. The molecule has 3 nitrogen and oxygen atoms in total. The molecule has 0 aliphatic heterocycles. The topological polar surface area (TPSA) is 42.6 Å². The summed E-state index contributed by atoms with van der Waals surface area (Å²) in [6.07, 6.45) is 0.677. The third-order valence-electron chi connectivity index (χ3n) is 1.60. The Morgan fingerprint density at radius 3 is 2.45 bits per heavy atom. The van der Waals surface area contributed by atoms with Crippen LogP contribution in [0, 0.1) is 6.92 Å². The van der Waals surface area contributed by atoms with Gasteiger partial charge in [-0.25, -0.2) is 0 Å². The summed E-state index contributed by atoms with van der Waals surface area (Å²) < 4.78 is 10.1. The van der Waals surface area contributed by atoms with Gasteiger partial charge in [0.15, 0.2) is 0 Å². The highest BCUT2D eigenvalue weighted by molar-refractivity contribution is 5.44. The maximum Gasteiger partial charge on any atom is 0.202 e. The minimum atomic E-state index is 0.132. The molecule has 0 amide bonds. The van der Waals surface area contributed by atoms with Gasteiger partial charge in [-0.3, -0.25) is 0 Å². The standard InChI is InChI=1S/C8H12O3/c1-4-6-7(9)8(10-3)5(2)11-6/h9H,4H2,1-3H3. The van der Waals surface area contributed by atoms with E-state index in [4.69, 9.17) is 9.15 Å². The van der Waals surface area contributed by atoms with Crippen molar-refractivity contribution >= 4 is 0 Å². The molecular formula is C8H12O3. The monoisotopic (exact) mass is 156 g/mol. The Bertz CT molecular complexity index is 250. The summed E-state index contributed by atoms with van der Waals surface area (Å²) in [4.78, 5) is 0. The van der Waals surface area contributed by atoms with Crippen LogP contribution in [-0.2, 0) is 6.42 Å². The molecule has 0 spiro atoms. The zero-order valence-corrected chi connectivity index (χ0v) is 6.97. The second kappa shape index (κ2) is 2.86. The smallest absolute Gasteiger partial charge is 0.202 e. The second-order valence-corrected chi connectivity index (χ2v) is 2.32. The number of ether oxygens (including phenoxy) is 1. The molecule has 1 heterocycles. The summed E-state index contributed by atoms with van der Waals surface area (Å²) in [6, 6.07) is 0. The lowest BCUT2D eigenvalue weighted by Gasteiger charge is -1.94. The average molecular weight is 156 g/mol. The van der Waals surface area contributed by atoms with Gasteiger partial charge in [0.25, 0.3) is 0 Å². The van der Waals surface area contributed by atoms with Crippen LogP contribution in [0.15, 0.2) is 4.42 Å². The molecule has 0 saturated heterocycles. The van der Waals surface area contributed by atoms with Gasteiger partial charge in [-0.15, -0.1) is 0 Å². The van der Waals surface area contributed by atoms with Gasteiger partial charge in [-0.1, -0.05) is 6.92 Å². The fourth-order valence-electron chi connectivity index (χ4n) is 1.05. The molecule has 62 valence electrons. The molecule has 1 N–H and O–H groups in total. The van der Waals surface area contributed by atoms with Crippen molar-refractivity contribution < 1.29 is 14.3 Å². The maximum absolute atomic E-state index is 9.39. The van der Waals surface area contributed by atoms with Crippen molar-refractivity contribution in [2.24, 2.45) is 0 Å². The van der Waals surface area contributed by atoms with Gasteiger partial charge in [0.2, 0.25) is 11.5 Å². The molecular weight excluding hydrogens is 144 g/mol. The Labute approximate surface area is 65.6 Å². The summed E-state index contributed by atoms with van der Waals surface area (Å²) in [6.45, 7) is 3.68. The summed E-state index contributed by atoms with van der Waals surface area (Å²) in [5, 5.41) is 9.39. The molecule has 0 unspecified atom stereocenters. The van der Waals surface area contributed by atoms with E-state index in [1.807, 2.05) is 6.92 Å².